The molecule has 100 valence electrons. The summed E-state index contributed by atoms with van der Waals surface area (Å²) in [6.07, 6.45) is 0. The van der Waals surface area contributed by atoms with Gasteiger partial charge in [0.15, 0.2) is 5.75 Å². The number of hydrogen-bond donors (Lipinski definition) is 2. The highest BCUT2D eigenvalue weighted by molar-refractivity contribution is 7.89. The Morgan fingerprint density at radius 2 is 1.88 bits per heavy atom. The van der Waals surface area contributed by atoms with Crippen LogP contribution in [0.5, 0.6) is 0 Å². The SMILES string of the molecule is CCN(CC(=O)NC(C)C)S(=O)(=O)CC(=O)O. The van der Waals surface area contributed by atoms with E-state index in [-0.39, 0.29) is 19.1 Å². The Morgan fingerprint density at radius 1 is 1.35 bits per heavy atom. The number of carbonyl (C=O) groups is 2. The summed E-state index contributed by atoms with van der Waals surface area (Å²) in [4.78, 5) is 21.8. The first-order valence-electron chi connectivity index (χ1n) is 5.18. The number of likely N-dealkylation sites (N-methyl/N-ethyl adjacent to an activating group) is 1. The highest BCUT2D eigenvalue weighted by Crippen LogP contribution is 2.01. The Morgan fingerprint density at radius 3 is 2.24 bits per heavy atom. The number of aliphatic carboxylic acids is 1. The zero-order valence-corrected chi connectivity index (χ0v) is 11.0. The predicted molar refractivity (Wildman–Crippen MR) is 61.9 cm³/mol. The highest BCUT2D eigenvalue weighted by atomic mass is 32.2. The number of sulfonamides is 1. The number of carboxylic acid groups (broad SMARTS) is 1. The average Bonchev–Trinajstić information content (AvgIpc) is 2.10. The molecule has 0 aliphatic rings. The summed E-state index contributed by atoms with van der Waals surface area (Å²) in [5.74, 6) is -2.89. The van der Waals surface area contributed by atoms with Crippen LogP contribution in [0, 0.1) is 0 Å². The Hall–Kier alpha value is -1.15. The Bertz CT molecular complexity index is 377. The zero-order valence-electron chi connectivity index (χ0n) is 10.1. The van der Waals surface area contributed by atoms with Crippen molar-refractivity contribution in [3.63, 3.8) is 0 Å². The molecule has 0 spiro atoms. The van der Waals surface area contributed by atoms with Crippen LogP contribution < -0.4 is 5.32 Å². The summed E-state index contributed by atoms with van der Waals surface area (Å²) in [6, 6.07) is -0.0941. The monoisotopic (exact) mass is 266 g/mol. The van der Waals surface area contributed by atoms with Gasteiger partial charge in [0.05, 0.1) is 6.54 Å². The number of nitrogens with zero attached hydrogens (tertiary/aromatic N) is 1. The van der Waals surface area contributed by atoms with Crippen molar-refractivity contribution in [2.24, 2.45) is 0 Å². The molecule has 8 heteroatoms. The van der Waals surface area contributed by atoms with Gasteiger partial charge in [-0.15, -0.1) is 0 Å². The van der Waals surface area contributed by atoms with Crippen LogP contribution in [-0.2, 0) is 19.6 Å². The fraction of sp³-hybridized carbons (Fsp3) is 0.778. The summed E-state index contributed by atoms with van der Waals surface area (Å²) in [5, 5.41) is 11.0. The van der Waals surface area contributed by atoms with Crippen LogP contribution in [-0.4, -0.2) is 54.6 Å². The zero-order chi connectivity index (χ0) is 13.6. The number of carbonyl (C=O) groups excluding carboxylic acids is 1. The number of rotatable bonds is 7. The van der Waals surface area contributed by atoms with E-state index in [2.05, 4.69) is 5.32 Å². The lowest BCUT2D eigenvalue weighted by Gasteiger charge is -2.19. The smallest absolute Gasteiger partial charge is 0.320 e. The van der Waals surface area contributed by atoms with Gasteiger partial charge in [-0.2, -0.15) is 4.31 Å². The minimum Gasteiger partial charge on any atom is -0.480 e. The molecule has 0 aromatic carbocycles. The first-order chi connectivity index (χ1) is 7.69. The molecule has 1 amide bonds. The van der Waals surface area contributed by atoms with E-state index < -0.39 is 27.7 Å². The van der Waals surface area contributed by atoms with Crippen LogP contribution in [0.25, 0.3) is 0 Å². The van der Waals surface area contributed by atoms with E-state index in [4.69, 9.17) is 5.11 Å². The van der Waals surface area contributed by atoms with Gasteiger partial charge in [0.2, 0.25) is 15.9 Å². The fourth-order valence-electron chi connectivity index (χ4n) is 1.18. The van der Waals surface area contributed by atoms with Gasteiger partial charge in [0.1, 0.15) is 0 Å². The maximum Gasteiger partial charge on any atom is 0.320 e. The molecule has 0 rings (SSSR count). The molecule has 0 radical (unpaired) electrons. The first kappa shape index (κ1) is 15.9. The molecule has 0 saturated carbocycles. The standard InChI is InChI=1S/C9H18N2O5S/c1-4-11(5-8(12)10-7(2)3)17(15,16)6-9(13)14/h7H,4-6H2,1-3H3,(H,10,12)(H,13,14). The van der Waals surface area contributed by atoms with Crippen molar-refractivity contribution < 1.29 is 23.1 Å². The molecule has 0 bridgehead atoms. The molecule has 2 N–H and O–H groups in total. The Labute approximate surface area is 101 Å². The van der Waals surface area contributed by atoms with Gasteiger partial charge >= 0.3 is 5.97 Å². The van der Waals surface area contributed by atoms with Gasteiger partial charge in [-0.25, -0.2) is 8.42 Å². The molecule has 7 nitrogen and oxygen atoms in total. The van der Waals surface area contributed by atoms with Crippen molar-refractivity contribution in [1.29, 1.82) is 0 Å². The summed E-state index contributed by atoms with van der Waals surface area (Å²) in [5.41, 5.74) is 0. The summed E-state index contributed by atoms with van der Waals surface area (Å²) >= 11 is 0. The quantitative estimate of drug-likeness (QED) is 0.631. The normalized spacial score (nSPS) is 11.8. The van der Waals surface area contributed by atoms with Crippen LogP contribution in [0.2, 0.25) is 0 Å². The molecule has 0 atom stereocenters. The van der Waals surface area contributed by atoms with Gasteiger partial charge < -0.3 is 10.4 Å². The minimum atomic E-state index is -3.93. The van der Waals surface area contributed by atoms with Crippen molar-refractivity contribution in [3.8, 4) is 0 Å². The van der Waals surface area contributed by atoms with Crippen LogP contribution in [0.4, 0.5) is 0 Å². The van der Waals surface area contributed by atoms with Crippen LogP contribution in [0.3, 0.4) is 0 Å². The maximum absolute atomic E-state index is 11.6. The van der Waals surface area contributed by atoms with Gasteiger partial charge in [-0.3, -0.25) is 9.59 Å². The van der Waals surface area contributed by atoms with Crippen LogP contribution in [0.15, 0.2) is 0 Å². The average molecular weight is 266 g/mol. The largest absolute Gasteiger partial charge is 0.480 e. The Kier molecular flexibility index (Phi) is 6.11. The molecule has 0 aromatic heterocycles. The number of amides is 1. The van der Waals surface area contributed by atoms with E-state index in [0.29, 0.717) is 0 Å². The van der Waals surface area contributed by atoms with Gasteiger partial charge in [0.25, 0.3) is 0 Å². The Balaban J connectivity index is 4.63. The number of hydrogen-bond acceptors (Lipinski definition) is 4. The molecule has 0 unspecified atom stereocenters. The predicted octanol–water partition coefficient (Wildman–Crippen LogP) is -0.753. The first-order valence-corrected chi connectivity index (χ1v) is 6.79. The number of nitrogens with one attached hydrogen (secondary N) is 1. The topological polar surface area (TPSA) is 104 Å². The molecular formula is C9H18N2O5S. The molecule has 17 heavy (non-hydrogen) atoms. The molecule has 0 fully saturated rings. The molecular weight excluding hydrogens is 248 g/mol. The van der Waals surface area contributed by atoms with E-state index in [1.165, 1.54) is 0 Å². The van der Waals surface area contributed by atoms with Crippen LogP contribution in [0.1, 0.15) is 20.8 Å². The molecule has 0 heterocycles. The number of carboxylic acids is 1. The fourth-order valence-corrected chi connectivity index (χ4v) is 2.38. The summed E-state index contributed by atoms with van der Waals surface area (Å²) < 4.78 is 24.0. The molecule has 0 aliphatic heterocycles. The summed E-state index contributed by atoms with van der Waals surface area (Å²) in [6.45, 7) is 4.74. The van der Waals surface area contributed by atoms with E-state index in [9.17, 15) is 18.0 Å². The third kappa shape index (κ3) is 6.22. The maximum atomic E-state index is 11.6. The van der Waals surface area contributed by atoms with Gasteiger partial charge in [-0.05, 0) is 13.8 Å². The van der Waals surface area contributed by atoms with E-state index in [1.807, 2.05) is 0 Å². The van der Waals surface area contributed by atoms with Gasteiger partial charge in [-0.1, -0.05) is 6.92 Å². The third-order valence-corrected chi connectivity index (χ3v) is 3.61. The lowest BCUT2D eigenvalue weighted by atomic mass is 10.4. The molecule has 0 aromatic rings. The van der Waals surface area contributed by atoms with Crippen molar-refractivity contribution in [2.75, 3.05) is 18.8 Å². The third-order valence-electron chi connectivity index (χ3n) is 1.82. The van der Waals surface area contributed by atoms with Crippen LogP contribution >= 0.6 is 0 Å². The van der Waals surface area contributed by atoms with E-state index in [0.717, 1.165) is 4.31 Å². The lowest BCUT2D eigenvalue weighted by molar-refractivity contribution is -0.134. The second-order valence-electron chi connectivity index (χ2n) is 3.80. The summed E-state index contributed by atoms with van der Waals surface area (Å²) in [7, 11) is -3.93. The van der Waals surface area contributed by atoms with Crippen molar-refractivity contribution >= 4 is 21.9 Å². The highest BCUT2D eigenvalue weighted by Gasteiger charge is 2.25. The van der Waals surface area contributed by atoms with Crippen molar-refractivity contribution in [1.82, 2.24) is 9.62 Å². The van der Waals surface area contributed by atoms with Gasteiger partial charge in [0, 0.05) is 12.6 Å². The second-order valence-corrected chi connectivity index (χ2v) is 5.77. The van der Waals surface area contributed by atoms with Crippen molar-refractivity contribution in [3.05, 3.63) is 0 Å². The molecule has 0 saturated heterocycles. The van der Waals surface area contributed by atoms with E-state index in [1.54, 1.807) is 20.8 Å². The van der Waals surface area contributed by atoms with Crippen molar-refractivity contribution in [2.45, 2.75) is 26.8 Å². The van der Waals surface area contributed by atoms with E-state index >= 15 is 0 Å². The minimum absolute atomic E-state index is 0.0567. The molecule has 0 aliphatic carbocycles. The second kappa shape index (κ2) is 6.55. The lowest BCUT2D eigenvalue weighted by Crippen LogP contribution is -2.44.